The number of halogens is 2. The standard InChI is InChI=1S/C13H16F2N2O5S2/c14-13(15)23(19,20)10-1-3-11(4-2-10)24(21,22)17-7-5-9(6-8-17)12(16)18/h1-4,9,13H,5-8H2,(H2,16,18). The van der Waals surface area contributed by atoms with Gasteiger partial charge in [0.25, 0.3) is 0 Å². The molecule has 1 aromatic carbocycles. The summed E-state index contributed by atoms with van der Waals surface area (Å²) in [5, 5.41) is 0. The Morgan fingerprint density at radius 2 is 1.50 bits per heavy atom. The molecular formula is C13H16F2N2O5S2. The molecule has 0 bridgehead atoms. The highest BCUT2D eigenvalue weighted by Gasteiger charge is 2.32. The van der Waals surface area contributed by atoms with Gasteiger partial charge in [-0.3, -0.25) is 4.79 Å². The Kier molecular flexibility index (Phi) is 5.25. The van der Waals surface area contributed by atoms with E-state index in [9.17, 15) is 30.4 Å². The van der Waals surface area contributed by atoms with Crippen LogP contribution in [-0.4, -0.2) is 45.9 Å². The Balaban J connectivity index is 2.21. The lowest BCUT2D eigenvalue weighted by Gasteiger charge is -2.29. The van der Waals surface area contributed by atoms with E-state index in [-0.39, 0.29) is 23.9 Å². The third-order valence-electron chi connectivity index (χ3n) is 3.88. The second-order valence-corrected chi connectivity index (χ2v) is 9.21. The van der Waals surface area contributed by atoms with E-state index in [1.807, 2.05) is 0 Å². The fraction of sp³-hybridized carbons (Fsp3) is 0.462. The molecular weight excluding hydrogens is 366 g/mol. The van der Waals surface area contributed by atoms with Gasteiger partial charge < -0.3 is 5.73 Å². The Hall–Kier alpha value is -1.59. The molecule has 1 amide bonds. The minimum Gasteiger partial charge on any atom is -0.369 e. The number of nitrogens with zero attached hydrogens (tertiary/aromatic N) is 1. The summed E-state index contributed by atoms with van der Waals surface area (Å²) in [6.45, 7) is 0.208. The maximum absolute atomic E-state index is 12.5. The molecule has 0 radical (unpaired) electrons. The van der Waals surface area contributed by atoms with E-state index in [0.29, 0.717) is 12.8 Å². The summed E-state index contributed by atoms with van der Waals surface area (Å²) in [7, 11) is -8.67. The zero-order valence-corrected chi connectivity index (χ0v) is 14.1. The van der Waals surface area contributed by atoms with E-state index in [4.69, 9.17) is 5.73 Å². The number of nitrogens with two attached hydrogens (primary N) is 1. The smallest absolute Gasteiger partial charge is 0.341 e. The van der Waals surface area contributed by atoms with Crippen LogP contribution in [0.15, 0.2) is 34.1 Å². The minimum atomic E-state index is -4.77. The number of rotatable bonds is 5. The van der Waals surface area contributed by atoms with Crippen LogP contribution in [0.4, 0.5) is 8.78 Å². The van der Waals surface area contributed by atoms with Gasteiger partial charge in [0.15, 0.2) is 0 Å². The van der Waals surface area contributed by atoms with E-state index < -0.39 is 36.4 Å². The van der Waals surface area contributed by atoms with Crippen molar-refractivity contribution in [2.24, 2.45) is 11.7 Å². The molecule has 2 rings (SSSR count). The molecule has 134 valence electrons. The largest absolute Gasteiger partial charge is 0.369 e. The molecule has 1 heterocycles. The van der Waals surface area contributed by atoms with Gasteiger partial charge in [-0.25, -0.2) is 16.8 Å². The molecule has 1 aliphatic rings. The molecule has 0 spiro atoms. The first-order valence-electron chi connectivity index (χ1n) is 6.98. The molecule has 7 nitrogen and oxygen atoms in total. The Morgan fingerprint density at radius 1 is 1.04 bits per heavy atom. The number of sulfone groups is 1. The lowest BCUT2D eigenvalue weighted by molar-refractivity contribution is -0.122. The summed E-state index contributed by atoms with van der Waals surface area (Å²) in [6, 6.07) is 3.63. The Morgan fingerprint density at radius 3 is 1.92 bits per heavy atom. The number of benzene rings is 1. The number of hydrogen-bond donors (Lipinski definition) is 1. The summed E-state index contributed by atoms with van der Waals surface area (Å²) in [5.41, 5.74) is 5.19. The van der Waals surface area contributed by atoms with Crippen LogP contribution in [0.25, 0.3) is 0 Å². The first kappa shape index (κ1) is 18.7. The highest BCUT2D eigenvalue weighted by atomic mass is 32.2. The third kappa shape index (κ3) is 3.57. The average molecular weight is 382 g/mol. The maximum Gasteiger partial charge on any atom is 0.341 e. The van der Waals surface area contributed by atoms with Crippen molar-refractivity contribution in [1.82, 2.24) is 4.31 Å². The minimum absolute atomic E-state index is 0.104. The number of piperidine rings is 1. The monoisotopic (exact) mass is 382 g/mol. The second-order valence-electron chi connectivity index (χ2n) is 5.36. The van der Waals surface area contributed by atoms with E-state index in [1.165, 1.54) is 0 Å². The van der Waals surface area contributed by atoms with Gasteiger partial charge in [-0.1, -0.05) is 0 Å². The highest BCUT2D eigenvalue weighted by molar-refractivity contribution is 7.91. The number of amides is 1. The lowest BCUT2D eigenvalue weighted by atomic mass is 9.98. The molecule has 1 aromatic rings. The first-order chi connectivity index (χ1) is 11.1. The van der Waals surface area contributed by atoms with Crippen LogP contribution in [0.5, 0.6) is 0 Å². The molecule has 0 unspecified atom stereocenters. The van der Waals surface area contributed by atoms with Crippen molar-refractivity contribution in [3.05, 3.63) is 24.3 Å². The lowest BCUT2D eigenvalue weighted by Crippen LogP contribution is -2.41. The van der Waals surface area contributed by atoms with Crippen molar-refractivity contribution >= 4 is 25.8 Å². The summed E-state index contributed by atoms with van der Waals surface area (Å²) in [5.74, 6) is -4.43. The zero-order chi connectivity index (χ0) is 18.1. The van der Waals surface area contributed by atoms with Crippen molar-refractivity contribution in [3.63, 3.8) is 0 Å². The molecule has 1 aliphatic heterocycles. The van der Waals surface area contributed by atoms with Crippen LogP contribution >= 0.6 is 0 Å². The van der Waals surface area contributed by atoms with Crippen molar-refractivity contribution in [3.8, 4) is 0 Å². The van der Waals surface area contributed by atoms with Gasteiger partial charge in [0.05, 0.1) is 9.79 Å². The van der Waals surface area contributed by atoms with Gasteiger partial charge in [0.1, 0.15) is 0 Å². The average Bonchev–Trinajstić information content (AvgIpc) is 2.54. The van der Waals surface area contributed by atoms with Gasteiger partial charge in [0, 0.05) is 19.0 Å². The van der Waals surface area contributed by atoms with E-state index in [1.54, 1.807) is 0 Å². The molecule has 1 saturated heterocycles. The van der Waals surface area contributed by atoms with Gasteiger partial charge in [-0.15, -0.1) is 0 Å². The molecule has 0 atom stereocenters. The predicted molar refractivity (Wildman–Crippen MR) is 80.3 cm³/mol. The fourth-order valence-corrected chi connectivity index (χ4v) is 4.62. The van der Waals surface area contributed by atoms with Crippen LogP contribution in [-0.2, 0) is 24.7 Å². The number of carbonyl (C=O) groups excluding carboxylic acids is 1. The maximum atomic E-state index is 12.5. The highest BCUT2D eigenvalue weighted by Crippen LogP contribution is 2.25. The first-order valence-corrected chi connectivity index (χ1v) is 9.97. The summed E-state index contributed by atoms with van der Waals surface area (Å²) >= 11 is 0. The van der Waals surface area contributed by atoms with Gasteiger partial charge >= 0.3 is 5.76 Å². The number of primary amides is 1. The summed E-state index contributed by atoms with van der Waals surface area (Å²) < 4.78 is 73.7. The second kappa shape index (κ2) is 6.73. The molecule has 11 heteroatoms. The van der Waals surface area contributed by atoms with Gasteiger partial charge in [-0.2, -0.15) is 13.1 Å². The topological polar surface area (TPSA) is 115 Å². The number of carbonyl (C=O) groups is 1. The molecule has 0 aliphatic carbocycles. The van der Waals surface area contributed by atoms with Crippen molar-refractivity contribution in [2.45, 2.75) is 28.4 Å². The number of hydrogen-bond acceptors (Lipinski definition) is 5. The van der Waals surface area contributed by atoms with Crippen LogP contribution in [0.1, 0.15) is 12.8 Å². The zero-order valence-electron chi connectivity index (χ0n) is 12.4. The third-order valence-corrected chi connectivity index (χ3v) is 7.19. The molecule has 2 N–H and O–H groups in total. The van der Waals surface area contributed by atoms with Crippen molar-refractivity contribution < 1.29 is 30.4 Å². The molecule has 1 fully saturated rings. The number of sulfonamides is 1. The Bertz CT molecular complexity index is 814. The van der Waals surface area contributed by atoms with Gasteiger partial charge in [0.2, 0.25) is 25.8 Å². The predicted octanol–water partition coefficient (Wildman–Crippen LogP) is 0.569. The van der Waals surface area contributed by atoms with E-state index in [0.717, 1.165) is 28.6 Å². The number of alkyl halides is 2. The normalized spacial score (nSPS) is 18.0. The fourth-order valence-electron chi connectivity index (χ4n) is 2.43. The van der Waals surface area contributed by atoms with Crippen LogP contribution < -0.4 is 5.73 Å². The van der Waals surface area contributed by atoms with Crippen LogP contribution in [0.2, 0.25) is 0 Å². The summed E-state index contributed by atoms with van der Waals surface area (Å²) in [6.07, 6.45) is 0.596. The van der Waals surface area contributed by atoms with Crippen molar-refractivity contribution in [1.29, 1.82) is 0 Å². The molecule has 0 saturated carbocycles. The summed E-state index contributed by atoms with van der Waals surface area (Å²) in [4.78, 5) is 10.3. The van der Waals surface area contributed by atoms with Crippen LogP contribution in [0.3, 0.4) is 0 Å². The van der Waals surface area contributed by atoms with Crippen LogP contribution in [0, 0.1) is 5.92 Å². The van der Waals surface area contributed by atoms with Crippen molar-refractivity contribution in [2.75, 3.05) is 13.1 Å². The van der Waals surface area contributed by atoms with Gasteiger partial charge in [-0.05, 0) is 37.1 Å². The quantitative estimate of drug-likeness (QED) is 0.799. The molecule has 0 aromatic heterocycles. The van der Waals surface area contributed by atoms with E-state index >= 15 is 0 Å². The Labute approximate surface area is 138 Å². The van der Waals surface area contributed by atoms with E-state index in [2.05, 4.69) is 0 Å². The SMILES string of the molecule is NC(=O)C1CCN(S(=O)(=O)c2ccc(S(=O)(=O)C(F)F)cc2)CC1. The molecule has 24 heavy (non-hydrogen) atoms.